The Morgan fingerprint density at radius 2 is 2.17 bits per heavy atom. The Bertz CT molecular complexity index is 875. The van der Waals surface area contributed by atoms with Crippen molar-refractivity contribution in [1.29, 1.82) is 0 Å². The maximum Gasteiger partial charge on any atom is 0.227 e. The van der Waals surface area contributed by atoms with Crippen molar-refractivity contribution < 1.29 is 9.32 Å². The van der Waals surface area contributed by atoms with Gasteiger partial charge in [-0.1, -0.05) is 28.9 Å². The molecular formula is C16H15ClN4O2S. The highest BCUT2D eigenvalue weighted by Crippen LogP contribution is 2.31. The van der Waals surface area contributed by atoms with E-state index in [9.17, 15) is 4.79 Å². The summed E-state index contributed by atoms with van der Waals surface area (Å²) in [4.78, 5) is 21.6. The van der Waals surface area contributed by atoms with Gasteiger partial charge in [-0.05, 0) is 26.0 Å². The Morgan fingerprint density at radius 3 is 2.88 bits per heavy atom. The number of nitrogens with zero attached hydrogens (tertiary/aromatic N) is 3. The molecule has 3 rings (SSSR count). The molecule has 2 aromatic heterocycles. The molecule has 0 fully saturated rings. The maximum absolute atomic E-state index is 12.0. The van der Waals surface area contributed by atoms with Gasteiger partial charge >= 0.3 is 0 Å². The average Bonchev–Trinajstić information content (AvgIpc) is 3.11. The number of thiazole rings is 1. The average molecular weight is 363 g/mol. The number of benzene rings is 1. The summed E-state index contributed by atoms with van der Waals surface area (Å²) in [7, 11) is 0. The largest absolute Gasteiger partial charge is 0.339 e. The zero-order valence-corrected chi connectivity index (χ0v) is 14.7. The highest BCUT2D eigenvalue weighted by molar-refractivity contribution is 7.16. The summed E-state index contributed by atoms with van der Waals surface area (Å²) in [6.07, 6.45) is 0.658. The number of hydrogen-bond acceptors (Lipinski definition) is 6. The quantitative estimate of drug-likeness (QED) is 0.740. The summed E-state index contributed by atoms with van der Waals surface area (Å²) < 4.78 is 4.99. The number of carbonyl (C=O) groups excluding carboxylic acids is 1. The summed E-state index contributed by atoms with van der Waals surface area (Å²) in [6.45, 7) is 3.70. The Morgan fingerprint density at radius 1 is 1.33 bits per heavy atom. The SMILES string of the molecule is Cc1noc(CCC(=O)Nc2nc(-c3cccc(Cl)c3)c(C)s2)n1. The van der Waals surface area contributed by atoms with E-state index in [-0.39, 0.29) is 12.3 Å². The van der Waals surface area contributed by atoms with Crippen LogP contribution in [0.2, 0.25) is 5.02 Å². The molecule has 1 N–H and O–H groups in total. The molecule has 1 amide bonds. The lowest BCUT2D eigenvalue weighted by molar-refractivity contribution is -0.116. The number of nitrogens with one attached hydrogen (secondary N) is 1. The van der Waals surface area contributed by atoms with E-state index in [0.29, 0.717) is 28.3 Å². The first-order valence-corrected chi connectivity index (χ1v) is 8.53. The van der Waals surface area contributed by atoms with Crippen LogP contribution in [0.4, 0.5) is 5.13 Å². The predicted octanol–water partition coefficient (Wildman–Crippen LogP) is 4.03. The molecule has 2 heterocycles. The van der Waals surface area contributed by atoms with Crippen LogP contribution < -0.4 is 5.32 Å². The highest BCUT2D eigenvalue weighted by atomic mass is 35.5. The van der Waals surface area contributed by atoms with E-state index in [4.69, 9.17) is 16.1 Å². The van der Waals surface area contributed by atoms with Crippen molar-refractivity contribution >= 4 is 34.0 Å². The number of rotatable bonds is 5. The minimum Gasteiger partial charge on any atom is -0.339 e. The van der Waals surface area contributed by atoms with Crippen LogP contribution in [0.15, 0.2) is 28.8 Å². The molecule has 0 saturated carbocycles. The summed E-state index contributed by atoms with van der Waals surface area (Å²) in [6, 6.07) is 7.49. The maximum atomic E-state index is 12.0. The fraction of sp³-hybridized carbons (Fsp3) is 0.250. The Kier molecular flexibility index (Phi) is 4.92. The van der Waals surface area contributed by atoms with Crippen molar-refractivity contribution in [3.8, 4) is 11.3 Å². The van der Waals surface area contributed by atoms with Gasteiger partial charge in [-0.15, -0.1) is 11.3 Å². The van der Waals surface area contributed by atoms with Crippen molar-refractivity contribution in [2.75, 3.05) is 5.32 Å². The number of carbonyl (C=O) groups is 1. The van der Waals surface area contributed by atoms with Gasteiger partial charge in [0.15, 0.2) is 11.0 Å². The molecule has 124 valence electrons. The first-order chi connectivity index (χ1) is 11.5. The summed E-state index contributed by atoms with van der Waals surface area (Å²) in [5.41, 5.74) is 1.75. The van der Waals surface area contributed by atoms with E-state index in [1.54, 1.807) is 6.92 Å². The van der Waals surface area contributed by atoms with Crippen molar-refractivity contribution in [3.05, 3.63) is 45.9 Å². The van der Waals surface area contributed by atoms with Crippen LogP contribution in [0.3, 0.4) is 0 Å². The van der Waals surface area contributed by atoms with E-state index in [2.05, 4.69) is 20.4 Å². The van der Waals surface area contributed by atoms with Crippen LogP contribution in [-0.4, -0.2) is 21.0 Å². The molecule has 0 aliphatic heterocycles. The lowest BCUT2D eigenvalue weighted by atomic mass is 10.1. The molecule has 3 aromatic rings. The Hall–Kier alpha value is -2.25. The molecule has 0 unspecified atom stereocenters. The normalized spacial score (nSPS) is 10.8. The Balaban J connectivity index is 1.65. The fourth-order valence-electron chi connectivity index (χ4n) is 2.20. The van der Waals surface area contributed by atoms with Gasteiger partial charge in [0.05, 0.1) is 5.69 Å². The van der Waals surface area contributed by atoms with E-state index < -0.39 is 0 Å². The van der Waals surface area contributed by atoms with Gasteiger partial charge in [-0.3, -0.25) is 4.79 Å². The second-order valence-electron chi connectivity index (χ2n) is 5.22. The number of aromatic nitrogens is 3. The van der Waals surface area contributed by atoms with Crippen LogP contribution in [0, 0.1) is 13.8 Å². The summed E-state index contributed by atoms with van der Waals surface area (Å²) in [5, 5.41) is 7.72. The number of hydrogen-bond donors (Lipinski definition) is 1. The van der Waals surface area contributed by atoms with Gasteiger partial charge in [0.25, 0.3) is 0 Å². The number of aryl methyl sites for hydroxylation is 3. The van der Waals surface area contributed by atoms with Crippen molar-refractivity contribution in [2.24, 2.45) is 0 Å². The first kappa shape index (κ1) is 16.6. The van der Waals surface area contributed by atoms with Crippen molar-refractivity contribution in [3.63, 3.8) is 0 Å². The lowest BCUT2D eigenvalue weighted by Crippen LogP contribution is -2.12. The molecule has 0 aliphatic carbocycles. The highest BCUT2D eigenvalue weighted by Gasteiger charge is 2.13. The minimum atomic E-state index is -0.141. The van der Waals surface area contributed by atoms with Crippen LogP contribution in [0.1, 0.15) is 23.0 Å². The molecule has 0 spiro atoms. The van der Waals surface area contributed by atoms with E-state index >= 15 is 0 Å². The standard InChI is InChI=1S/C16H15ClN4O2S/c1-9-15(11-4-3-5-12(17)8-11)20-16(24-9)19-13(22)6-7-14-18-10(2)21-23-14/h3-5,8H,6-7H2,1-2H3,(H,19,20,22). The van der Waals surface area contributed by atoms with Crippen LogP contribution in [0.25, 0.3) is 11.3 Å². The third-order valence-corrected chi connectivity index (χ3v) is 4.40. The van der Waals surface area contributed by atoms with Gasteiger partial charge in [-0.25, -0.2) is 4.98 Å². The molecule has 8 heteroatoms. The van der Waals surface area contributed by atoms with E-state index in [0.717, 1.165) is 16.1 Å². The topological polar surface area (TPSA) is 80.9 Å². The molecule has 0 aliphatic rings. The second-order valence-corrected chi connectivity index (χ2v) is 6.86. The monoisotopic (exact) mass is 362 g/mol. The second kappa shape index (κ2) is 7.11. The number of halogens is 1. The zero-order valence-electron chi connectivity index (χ0n) is 13.2. The first-order valence-electron chi connectivity index (χ1n) is 7.33. The van der Waals surface area contributed by atoms with Gasteiger partial charge in [0, 0.05) is 28.3 Å². The molecule has 0 atom stereocenters. The third kappa shape index (κ3) is 3.98. The zero-order chi connectivity index (χ0) is 17.1. The predicted molar refractivity (Wildman–Crippen MR) is 93.3 cm³/mol. The van der Waals surface area contributed by atoms with Crippen LogP contribution >= 0.6 is 22.9 Å². The summed E-state index contributed by atoms with van der Waals surface area (Å²) in [5.74, 6) is 0.877. The van der Waals surface area contributed by atoms with Gasteiger partial charge in [0.1, 0.15) is 0 Å². The van der Waals surface area contributed by atoms with Crippen molar-refractivity contribution in [1.82, 2.24) is 15.1 Å². The molecular weight excluding hydrogens is 348 g/mol. The fourth-order valence-corrected chi connectivity index (χ4v) is 3.24. The van der Waals surface area contributed by atoms with Crippen molar-refractivity contribution in [2.45, 2.75) is 26.7 Å². The Labute approximate surface area is 147 Å². The molecule has 1 aromatic carbocycles. The van der Waals surface area contributed by atoms with E-state index in [1.165, 1.54) is 11.3 Å². The number of amides is 1. The molecule has 0 bridgehead atoms. The molecule has 24 heavy (non-hydrogen) atoms. The number of anilines is 1. The summed E-state index contributed by atoms with van der Waals surface area (Å²) >= 11 is 7.46. The third-order valence-electron chi connectivity index (χ3n) is 3.28. The smallest absolute Gasteiger partial charge is 0.227 e. The molecule has 6 nitrogen and oxygen atoms in total. The lowest BCUT2D eigenvalue weighted by Gasteiger charge is -2.00. The van der Waals surface area contributed by atoms with E-state index in [1.807, 2.05) is 31.2 Å². The minimum absolute atomic E-state index is 0.141. The van der Waals surface area contributed by atoms with Gasteiger partial charge in [0.2, 0.25) is 11.8 Å². The van der Waals surface area contributed by atoms with Crippen LogP contribution in [0.5, 0.6) is 0 Å². The van der Waals surface area contributed by atoms with Crippen LogP contribution in [-0.2, 0) is 11.2 Å². The molecule has 0 saturated heterocycles. The molecule has 0 radical (unpaired) electrons. The van der Waals surface area contributed by atoms with Gasteiger partial charge in [-0.2, -0.15) is 4.98 Å². The van der Waals surface area contributed by atoms with Gasteiger partial charge < -0.3 is 9.84 Å².